The fraction of sp³-hybridized carbons (Fsp3) is 0.792. The van der Waals surface area contributed by atoms with Crippen molar-refractivity contribution < 1.29 is 14.6 Å². The van der Waals surface area contributed by atoms with Crippen molar-refractivity contribution >= 4 is 11.9 Å². The molecule has 7 heteroatoms. The van der Waals surface area contributed by atoms with E-state index in [4.69, 9.17) is 20.4 Å². The third-order valence-electron chi connectivity index (χ3n) is 8.86. The van der Waals surface area contributed by atoms with Crippen molar-refractivity contribution in [1.29, 1.82) is 0 Å². The summed E-state index contributed by atoms with van der Waals surface area (Å²) in [6.07, 6.45) is 12.3. The van der Waals surface area contributed by atoms with Gasteiger partial charge in [0.1, 0.15) is 0 Å². The third-order valence-corrected chi connectivity index (χ3v) is 8.86. The molecule has 1 aromatic heterocycles. The van der Waals surface area contributed by atoms with Crippen LogP contribution in [0.4, 0.5) is 5.95 Å². The zero-order valence-electron chi connectivity index (χ0n) is 18.2. The van der Waals surface area contributed by atoms with Crippen LogP contribution in [0.1, 0.15) is 86.2 Å². The van der Waals surface area contributed by atoms with Gasteiger partial charge >= 0.3 is 0 Å². The molecule has 6 fully saturated rings. The first-order chi connectivity index (χ1) is 15.0. The first-order valence-corrected chi connectivity index (χ1v) is 12.3. The van der Waals surface area contributed by atoms with Crippen LogP contribution in [0.15, 0.2) is 6.20 Å². The Bertz CT molecular complexity index is 848. The molecule has 3 N–H and O–H groups in total. The van der Waals surface area contributed by atoms with Crippen LogP contribution in [0.2, 0.25) is 0 Å². The number of anilines is 1. The Kier molecular flexibility index (Phi) is 4.76. The Hall–Kier alpha value is -1.73. The highest BCUT2D eigenvalue weighted by Crippen LogP contribution is 2.57. The molecule has 5 saturated carbocycles. The van der Waals surface area contributed by atoms with Crippen LogP contribution >= 0.6 is 0 Å². The lowest BCUT2D eigenvalue weighted by Gasteiger charge is -2.60. The Morgan fingerprint density at radius 1 is 1.16 bits per heavy atom. The summed E-state index contributed by atoms with van der Waals surface area (Å²) >= 11 is 0. The van der Waals surface area contributed by atoms with Crippen LogP contribution in [-0.2, 0) is 4.74 Å². The van der Waals surface area contributed by atoms with Crippen LogP contribution < -0.4 is 10.6 Å². The van der Waals surface area contributed by atoms with Crippen molar-refractivity contribution in [2.75, 3.05) is 18.1 Å². The Balaban J connectivity index is 1.40. The van der Waals surface area contributed by atoms with Crippen molar-refractivity contribution in [3.63, 3.8) is 0 Å². The van der Waals surface area contributed by atoms with E-state index in [1.165, 1.54) is 25.7 Å². The van der Waals surface area contributed by atoms with E-state index in [1.807, 2.05) is 0 Å². The minimum atomic E-state index is -0.462. The Morgan fingerprint density at radius 3 is 2.52 bits per heavy atom. The molecule has 1 aliphatic heterocycles. The molecule has 2 unspecified atom stereocenters. The number of primary amides is 1. The highest BCUT2D eigenvalue weighted by atomic mass is 16.5. The van der Waals surface area contributed by atoms with Gasteiger partial charge in [0.05, 0.1) is 29.5 Å². The van der Waals surface area contributed by atoms with Gasteiger partial charge in [-0.25, -0.2) is 9.97 Å². The molecule has 1 aromatic rings. The minimum Gasteiger partial charge on any atom is -0.390 e. The quantitative estimate of drug-likeness (QED) is 0.751. The fourth-order valence-electron chi connectivity index (χ4n) is 7.90. The number of amides is 1. The van der Waals surface area contributed by atoms with Crippen molar-refractivity contribution in [2.24, 2.45) is 23.5 Å². The molecule has 6 aliphatic rings. The van der Waals surface area contributed by atoms with Crippen LogP contribution in [0.5, 0.6) is 0 Å². The maximum atomic E-state index is 12.1. The third kappa shape index (κ3) is 3.35. The van der Waals surface area contributed by atoms with E-state index in [1.54, 1.807) is 6.20 Å². The van der Waals surface area contributed by atoms with Gasteiger partial charge < -0.3 is 20.5 Å². The first-order valence-electron chi connectivity index (χ1n) is 12.3. The molecule has 7 nitrogen and oxygen atoms in total. The van der Waals surface area contributed by atoms with Gasteiger partial charge in [0.15, 0.2) is 0 Å². The lowest BCUT2D eigenvalue weighted by atomic mass is 9.52. The summed E-state index contributed by atoms with van der Waals surface area (Å²) in [5, 5.41) is 11.1. The number of rotatable bonds is 5. The predicted octanol–water partition coefficient (Wildman–Crippen LogP) is 2.77. The molecular weight excluding hydrogens is 392 g/mol. The molecule has 0 spiro atoms. The molecule has 1 amide bonds. The maximum absolute atomic E-state index is 12.1. The van der Waals surface area contributed by atoms with E-state index in [9.17, 15) is 9.90 Å². The van der Waals surface area contributed by atoms with Crippen LogP contribution in [0.25, 0.3) is 0 Å². The van der Waals surface area contributed by atoms with Gasteiger partial charge in [0.25, 0.3) is 5.91 Å². The first kappa shape index (κ1) is 19.9. The molecule has 5 aliphatic carbocycles. The molecular formula is C24H34N4O3. The number of hydrogen-bond donors (Lipinski definition) is 2. The smallest absolute Gasteiger partial charge is 0.252 e. The predicted molar refractivity (Wildman–Crippen MR) is 116 cm³/mol. The fourth-order valence-corrected chi connectivity index (χ4v) is 7.90. The van der Waals surface area contributed by atoms with E-state index in [2.05, 4.69) is 4.90 Å². The topological polar surface area (TPSA) is 102 Å². The van der Waals surface area contributed by atoms with Crippen molar-refractivity contribution in [3.8, 4) is 0 Å². The maximum Gasteiger partial charge on any atom is 0.252 e. The lowest BCUT2D eigenvalue weighted by molar-refractivity contribution is -0.134. The van der Waals surface area contributed by atoms with Gasteiger partial charge in [0, 0.05) is 24.8 Å². The Morgan fingerprint density at radius 2 is 1.90 bits per heavy atom. The lowest BCUT2D eigenvalue weighted by Crippen LogP contribution is -2.64. The summed E-state index contributed by atoms with van der Waals surface area (Å²) in [4.78, 5) is 24.4. The SMILES string of the molecule is NC(=O)c1cnc(N(C2C3CC4CC2CC(O)(C4)C3)[C@@H]2CCOC2)nc1C1CCCC1. The number of aliphatic hydroxyl groups is 1. The summed E-state index contributed by atoms with van der Waals surface area (Å²) in [7, 11) is 0. The second-order valence-corrected chi connectivity index (χ2v) is 10.9. The molecule has 1 saturated heterocycles. The van der Waals surface area contributed by atoms with Gasteiger partial charge in [-0.2, -0.15) is 0 Å². The van der Waals surface area contributed by atoms with Crippen LogP contribution in [-0.4, -0.2) is 51.9 Å². The van der Waals surface area contributed by atoms with E-state index in [-0.39, 0.29) is 6.04 Å². The van der Waals surface area contributed by atoms with Crippen molar-refractivity contribution in [2.45, 2.75) is 87.8 Å². The summed E-state index contributed by atoms with van der Waals surface area (Å²) < 4.78 is 5.79. The largest absolute Gasteiger partial charge is 0.390 e. The summed E-state index contributed by atoms with van der Waals surface area (Å²) in [5.41, 5.74) is 6.57. The minimum absolute atomic E-state index is 0.257. The summed E-state index contributed by atoms with van der Waals surface area (Å²) in [5.74, 6) is 2.23. The molecule has 0 radical (unpaired) electrons. The molecule has 31 heavy (non-hydrogen) atoms. The molecule has 2 heterocycles. The molecule has 3 atom stereocenters. The van der Waals surface area contributed by atoms with Crippen molar-refractivity contribution in [1.82, 2.24) is 9.97 Å². The number of hydrogen-bond acceptors (Lipinski definition) is 6. The number of nitrogens with two attached hydrogens (primary N) is 1. The Labute approximate surface area is 183 Å². The number of carbonyl (C=O) groups excluding carboxylic acids is 1. The zero-order valence-corrected chi connectivity index (χ0v) is 18.2. The standard InChI is InChI=1S/C24H34N4O3/c25-22(29)19-12-26-23(27-20(19)15-3-1-2-4-15)28(18-5-6-31-13-18)21-16-7-14-8-17(21)11-24(30,9-14)10-16/h12,14-18,21,30H,1-11,13H2,(H2,25,29)/t14?,16?,17?,18-,21?,24?/m1/s1. The summed E-state index contributed by atoms with van der Waals surface area (Å²) in [6, 6.07) is 0.604. The average molecular weight is 427 g/mol. The molecule has 168 valence electrons. The number of nitrogens with zero attached hydrogens (tertiary/aromatic N) is 3. The van der Waals surface area contributed by atoms with Gasteiger partial charge in [0.2, 0.25) is 5.95 Å². The molecule has 7 rings (SSSR count). The number of ether oxygens (including phenoxy) is 1. The number of aromatic nitrogens is 2. The van der Waals surface area contributed by atoms with Gasteiger partial charge in [-0.1, -0.05) is 12.8 Å². The van der Waals surface area contributed by atoms with Crippen LogP contribution in [0.3, 0.4) is 0 Å². The monoisotopic (exact) mass is 426 g/mol. The second kappa shape index (κ2) is 7.41. The van der Waals surface area contributed by atoms with Gasteiger partial charge in [-0.15, -0.1) is 0 Å². The summed E-state index contributed by atoms with van der Waals surface area (Å²) in [6.45, 7) is 1.47. The van der Waals surface area contributed by atoms with Gasteiger partial charge in [-0.05, 0) is 69.1 Å². The number of carbonyl (C=O) groups is 1. The van der Waals surface area contributed by atoms with E-state index in [0.717, 1.165) is 56.8 Å². The van der Waals surface area contributed by atoms with Crippen molar-refractivity contribution in [3.05, 3.63) is 17.5 Å². The molecule has 4 bridgehead atoms. The highest BCUT2D eigenvalue weighted by molar-refractivity contribution is 5.93. The highest BCUT2D eigenvalue weighted by Gasteiger charge is 2.57. The second-order valence-electron chi connectivity index (χ2n) is 10.9. The van der Waals surface area contributed by atoms with Crippen LogP contribution in [0, 0.1) is 17.8 Å². The molecule has 0 aromatic carbocycles. The van der Waals surface area contributed by atoms with E-state index >= 15 is 0 Å². The normalized spacial score (nSPS) is 39.3. The van der Waals surface area contributed by atoms with E-state index < -0.39 is 11.5 Å². The average Bonchev–Trinajstić information content (AvgIpc) is 3.43. The zero-order chi connectivity index (χ0) is 21.2. The van der Waals surface area contributed by atoms with E-state index in [0.29, 0.717) is 41.9 Å². The van der Waals surface area contributed by atoms with Gasteiger partial charge in [-0.3, -0.25) is 4.79 Å².